The lowest BCUT2D eigenvalue weighted by Crippen LogP contribution is -2.61. The third-order valence-electron chi connectivity index (χ3n) is 5.92. The molecule has 3 rings (SSSR count). The Balaban J connectivity index is 1.75. The highest BCUT2D eigenvalue weighted by Crippen LogP contribution is 2.19. The molecule has 4 N–H and O–H groups in total. The summed E-state index contributed by atoms with van der Waals surface area (Å²) in [6.45, 7) is 5.17. The molecule has 1 aromatic heterocycles. The van der Waals surface area contributed by atoms with Crippen LogP contribution < -0.4 is 16.0 Å². The van der Waals surface area contributed by atoms with E-state index in [1.165, 1.54) is 20.0 Å². The van der Waals surface area contributed by atoms with Crippen LogP contribution in [-0.2, 0) is 23.7 Å². The zero-order chi connectivity index (χ0) is 27.8. The second kappa shape index (κ2) is 13.2. The Morgan fingerprint density at radius 1 is 1.08 bits per heavy atom. The van der Waals surface area contributed by atoms with E-state index >= 15 is 0 Å². The molecule has 1 fully saturated rings. The molecule has 1 aliphatic heterocycles. The minimum atomic E-state index is -1.34. The van der Waals surface area contributed by atoms with E-state index in [9.17, 15) is 24.3 Å². The third kappa shape index (κ3) is 7.62. The minimum Gasteiger partial charge on any atom is -0.508 e. The van der Waals surface area contributed by atoms with Gasteiger partial charge in [0.05, 0.1) is 24.2 Å². The summed E-state index contributed by atoms with van der Waals surface area (Å²) in [5, 5.41) is 18.0. The first-order valence-corrected chi connectivity index (χ1v) is 12.5. The maximum atomic E-state index is 13.2. The van der Waals surface area contributed by atoms with Crippen molar-refractivity contribution >= 4 is 30.8 Å². The van der Waals surface area contributed by atoms with E-state index in [0.717, 1.165) is 5.56 Å². The van der Waals surface area contributed by atoms with E-state index < -0.39 is 55.0 Å². The van der Waals surface area contributed by atoms with Crippen LogP contribution in [0.4, 0.5) is 0 Å². The van der Waals surface area contributed by atoms with E-state index in [1.54, 1.807) is 12.1 Å². The fourth-order valence-electron chi connectivity index (χ4n) is 4.03. The van der Waals surface area contributed by atoms with Gasteiger partial charge in [-0.05, 0) is 31.4 Å². The molecule has 4 atom stereocenters. The summed E-state index contributed by atoms with van der Waals surface area (Å²) in [7, 11) is 0.202. The molecule has 1 aromatic carbocycles. The van der Waals surface area contributed by atoms with Gasteiger partial charge in [-0.15, -0.1) is 0 Å². The van der Waals surface area contributed by atoms with Crippen LogP contribution >= 0.6 is 0 Å². The highest BCUT2D eigenvalue weighted by atomic mass is 16.6. The summed E-state index contributed by atoms with van der Waals surface area (Å²) in [4.78, 5) is 54.9. The van der Waals surface area contributed by atoms with Crippen LogP contribution in [0.3, 0.4) is 0 Å². The Morgan fingerprint density at radius 3 is 2.42 bits per heavy atom. The van der Waals surface area contributed by atoms with Gasteiger partial charge in [-0.1, -0.05) is 50.2 Å². The number of benzene rings is 1. The maximum Gasteiger partial charge on any atom is 0.551 e. The fourth-order valence-corrected chi connectivity index (χ4v) is 4.03. The second-order valence-electron chi connectivity index (χ2n) is 9.51. The topological polar surface area (TPSA) is 156 Å². The summed E-state index contributed by atoms with van der Waals surface area (Å²) in [6.07, 6.45) is -2.23. The van der Waals surface area contributed by atoms with Crippen LogP contribution in [0.25, 0.3) is 11.3 Å². The molecule has 2 aromatic rings. The molecule has 38 heavy (non-hydrogen) atoms. The number of nitrogens with one attached hydrogen (secondary N) is 3. The van der Waals surface area contributed by atoms with E-state index in [0.29, 0.717) is 12.1 Å². The van der Waals surface area contributed by atoms with Crippen LogP contribution in [0.5, 0.6) is 0 Å². The number of pyridine rings is 1. The molecule has 0 spiro atoms. The number of amides is 3. The molecule has 1 saturated heterocycles. The predicted molar refractivity (Wildman–Crippen MR) is 139 cm³/mol. The van der Waals surface area contributed by atoms with Gasteiger partial charge < -0.3 is 30.4 Å². The van der Waals surface area contributed by atoms with Crippen LogP contribution in [0, 0.1) is 5.92 Å². The first-order valence-electron chi connectivity index (χ1n) is 12.5. The van der Waals surface area contributed by atoms with Crippen LogP contribution in [0.15, 0.2) is 48.5 Å². The summed E-state index contributed by atoms with van der Waals surface area (Å²) >= 11 is 0. The SMILES string of the molecule is CNC(=O)[C@H]1CC(=O)OB([C@H](CC(C)C)NC(=O)C(NC(=O)c2cccc(-c3ccccc3)n2)[C@@H](C)O)O1. The van der Waals surface area contributed by atoms with Crippen molar-refractivity contribution in [2.24, 2.45) is 5.92 Å². The van der Waals surface area contributed by atoms with E-state index in [-0.39, 0.29) is 18.0 Å². The lowest BCUT2D eigenvalue weighted by atomic mass is 9.72. The Hall–Kier alpha value is -3.77. The summed E-state index contributed by atoms with van der Waals surface area (Å²) < 4.78 is 11.0. The first-order chi connectivity index (χ1) is 18.1. The van der Waals surface area contributed by atoms with E-state index in [2.05, 4.69) is 20.9 Å². The molecule has 1 unspecified atom stereocenters. The Labute approximate surface area is 221 Å². The average Bonchev–Trinajstić information content (AvgIpc) is 2.90. The van der Waals surface area contributed by atoms with Crippen LogP contribution in [-0.4, -0.2) is 72.1 Å². The number of nitrogens with zero attached hydrogens (tertiary/aromatic N) is 1. The summed E-state index contributed by atoms with van der Waals surface area (Å²) in [6, 6.07) is 12.9. The molecule has 11 nitrogen and oxygen atoms in total. The van der Waals surface area contributed by atoms with Crippen molar-refractivity contribution in [1.29, 1.82) is 0 Å². The Kier molecular flexibility index (Phi) is 9.97. The van der Waals surface area contributed by atoms with Gasteiger partial charge in [0.2, 0.25) is 11.8 Å². The molecule has 0 bridgehead atoms. The fraction of sp³-hybridized carbons (Fsp3) is 0.423. The smallest absolute Gasteiger partial charge is 0.508 e. The third-order valence-corrected chi connectivity index (χ3v) is 5.92. The first kappa shape index (κ1) is 28.8. The van der Waals surface area contributed by atoms with Gasteiger partial charge in [-0.3, -0.25) is 19.2 Å². The van der Waals surface area contributed by atoms with Crippen molar-refractivity contribution in [2.75, 3.05) is 7.05 Å². The standard InChI is InChI=1S/C26H33BN4O7/c1-15(2)13-21(27-37-20(25(35)28-4)14-22(33)38-27)30-26(36)23(16(3)32)31-24(34)19-12-8-11-18(29-19)17-9-6-5-7-10-17/h5-12,15-16,20-21,23,32H,13-14H2,1-4H3,(H,28,35)(H,30,36)(H,31,34)/t16-,20-,21+,23?/m1/s1. The largest absolute Gasteiger partial charge is 0.551 e. The Morgan fingerprint density at radius 2 is 1.79 bits per heavy atom. The van der Waals surface area contributed by atoms with Gasteiger partial charge >= 0.3 is 7.12 Å². The number of hydrogen-bond donors (Lipinski definition) is 4. The lowest BCUT2D eigenvalue weighted by molar-refractivity contribution is -0.149. The van der Waals surface area contributed by atoms with Crippen molar-refractivity contribution in [3.8, 4) is 11.3 Å². The zero-order valence-electron chi connectivity index (χ0n) is 21.8. The van der Waals surface area contributed by atoms with Crippen molar-refractivity contribution in [2.45, 2.75) is 57.8 Å². The predicted octanol–water partition coefficient (Wildman–Crippen LogP) is 0.864. The number of hydrogen-bond acceptors (Lipinski definition) is 8. The van der Waals surface area contributed by atoms with Gasteiger partial charge in [0.15, 0.2) is 0 Å². The second-order valence-corrected chi connectivity index (χ2v) is 9.51. The molecule has 2 heterocycles. The van der Waals surface area contributed by atoms with E-state index in [1.807, 2.05) is 44.2 Å². The zero-order valence-corrected chi connectivity index (χ0v) is 21.8. The van der Waals surface area contributed by atoms with Crippen molar-refractivity contribution < 1.29 is 33.6 Å². The number of rotatable bonds is 10. The molecule has 0 radical (unpaired) electrons. The Bertz CT molecular complexity index is 1150. The molecule has 3 amide bonds. The molecule has 0 saturated carbocycles. The summed E-state index contributed by atoms with van der Waals surface area (Å²) in [5.74, 6) is -3.27. The normalized spacial score (nSPS) is 17.7. The molecule has 202 valence electrons. The maximum absolute atomic E-state index is 13.2. The summed E-state index contributed by atoms with van der Waals surface area (Å²) in [5.41, 5.74) is 1.47. The van der Waals surface area contributed by atoms with Crippen LogP contribution in [0.1, 0.15) is 44.1 Å². The lowest BCUT2D eigenvalue weighted by Gasteiger charge is -2.32. The van der Waals surface area contributed by atoms with Crippen molar-refractivity contribution in [3.05, 3.63) is 54.2 Å². The number of likely N-dealkylation sites (N-methyl/N-ethyl adjacent to an activating group) is 1. The highest BCUT2D eigenvalue weighted by molar-refractivity contribution is 6.50. The number of aliphatic hydroxyl groups excluding tert-OH is 1. The van der Waals surface area contributed by atoms with E-state index in [4.69, 9.17) is 9.31 Å². The molecular formula is C26H33BN4O7. The monoisotopic (exact) mass is 524 g/mol. The molecule has 1 aliphatic rings. The highest BCUT2D eigenvalue weighted by Gasteiger charge is 2.44. The van der Waals surface area contributed by atoms with Gasteiger partial charge in [0.25, 0.3) is 11.9 Å². The molecule has 12 heteroatoms. The van der Waals surface area contributed by atoms with Gasteiger partial charge in [0.1, 0.15) is 17.8 Å². The quantitative estimate of drug-likeness (QED) is 0.334. The number of carbonyl (C=O) groups is 4. The number of aromatic nitrogens is 1. The molecular weight excluding hydrogens is 491 g/mol. The number of aliphatic hydroxyl groups is 1. The van der Waals surface area contributed by atoms with Crippen molar-refractivity contribution in [3.63, 3.8) is 0 Å². The molecule has 0 aliphatic carbocycles. The van der Waals surface area contributed by atoms with Gasteiger partial charge in [-0.2, -0.15) is 0 Å². The minimum absolute atomic E-state index is 0.0486. The average molecular weight is 524 g/mol. The van der Waals surface area contributed by atoms with Gasteiger partial charge in [-0.25, -0.2) is 4.98 Å². The van der Waals surface area contributed by atoms with Gasteiger partial charge in [0, 0.05) is 12.6 Å². The van der Waals surface area contributed by atoms with Crippen LogP contribution in [0.2, 0.25) is 0 Å². The number of carbonyl (C=O) groups excluding carboxylic acids is 4. The van der Waals surface area contributed by atoms with Crippen molar-refractivity contribution in [1.82, 2.24) is 20.9 Å².